The van der Waals surface area contributed by atoms with Gasteiger partial charge in [0.05, 0.1) is 0 Å². The van der Waals surface area contributed by atoms with Crippen LogP contribution in [-0.4, -0.2) is 58.8 Å². The van der Waals surface area contributed by atoms with Crippen LogP contribution in [-0.2, 0) is 22.6 Å². The summed E-state index contributed by atoms with van der Waals surface area (Å²) in [4.78, 5) is 20.7. The molecule has 0 aliphatic rings. The minimum absolute atomic E-state index is 0.00829. The average Bonchev–Trinajstić information content (AvgIpc) is 2.41. The van der Waals surface area contributed by atoms with Crippen LogP contribution in [0.3, 0.4) is 0 Å². The lowest BCUT2D eigenvalue weighted by molar-refractivity contribution is -0.120. The predicted octanol–water partition coefficient (Wildman–Crippen LogP) is 1.83. The molecule has 2 N–H and O–H groups in total. The van der Waals surface area contributed by atoms with Crippen LogP contribution in [0, 0.1) is 0 Å². The summed E-state index contributed by atoms with van der Waals surface area (Å²) in [5, 5.41) is 2.74. The van der Waals surface area contributed by atoms with Crippen LogP contribution in [0.4, 0.5) is 0 Å². The van der Waals surface area contributed by atoms with E-state index in [1.54, 1.807) is 0 Å². The molecule has 0 saturated heterocycles. The molecule has 0 radical (unpaired) electrons. The number of carbonyl (C=O) groups is 1. The van der Waals surface area contributed by atoms with E-state index >= 15 is 0 Å². The summed E-state index contributed by atoms with van der Waals surface area (Å²) in [6.07, 6.45) is 0.754. The quantitative estimate of drug-likeness (QED) is 0.297. The number of hydrogen-bond donors (Lipinski definition) is 2. The van der Waals surface area contributed by atoms with Gasteiger partial charge in [-0.25, -0.2) is 0 Å². The number of amides is 1. The minimum Gasteiger partial charge on any atom is -0.374 e. The second-order valence-electron chi connectivity index (χ2n) is 4.96. The number of nitrogens with one attached hydrogen (secondary N) is 1. The Morgan fingerprint density at radius 2 is 1.64 bits per heavy atom. The van der Waals surface area contributed by atoms with E-state index in [1.165, 1.54) is 6.66 Å². The maximum absolute atomic E-state index is 11.6. The van der Waals surface area contributed by atoms with Crippen LogP contribution in [0.5, 0.6) is 0 Å². The minimum atomic E-state index is -3.13. The van der Waals surface area contributed by atoms with Gasteiger partial charge in [0.1, 0.15) is 0 Å². The van der Waals surface area contributed by atoms with Crippen molar-refractivity contribution in [2.45, 2.75) is 39.7 Å². The Labute approximate surface area is 134 Å². The SMILES string of the molecule is CCO[Si](CCCNC(=O)CCP(C)(=O)O)(OCC)OCC. The van der Waals surface area contributed by atoms with Gasteiger partial charge < -0.3 is 23.5 Å². The molecule has 0 fully saturated rings. The molecular formula is C13H30NO6PSi. The molecule has 22 heavy (non-hydrogen) atoms. The smallest absolute Gasteiger partial charge is 0.374 e. The van der Waals surface area contributed by atoms with Gasteiger partial charge in [-0.15, -0.1) is 0 Å². The van der Waals surface area contributed by atoms with E-state index in [2.05, 4.69) is 5.32 Å². The van der Waals surface area contributed by atoms with Crippen LogP contribution in [0.1, 0.15) is 33.6 Å². The zero-order chi connectivity index (χ0) is 17.1. The third kappa shape index (κ3) is 10.5. The predicted molar refractivity (Wildman–Crippen MR) is 88.3 cm³/mol. The topological polar surface area (TPSA) is 94.1 Å². The highest BCUT2D eigenvalue weighted by molar-refractivity contribution is 7.57. The first-order valence-electron chi connectivity index (χ1n) is 7.76. The van der Waals surface area contributed by atoms with Gasteiger partial charge in [0.2, 0.25) is 5.91 Å². The van der Waals surface area contributed by atoms with Crippen molar-refractivity contribution in [1.29, 1.82) is 0 Å². The third-order valence-electron chi connectivity index (χ3n) is 2.83. The molecule has 0 aromatic rings. The van der Waals surface area contributed by atoms with Crippen molar-refractivity contribution in [3.8, 4) is 0 Å². The second-order valence-corrected chi connectivity index (χ2v) is 10.2. The molecule has 1 unspecified atom stereocenters. The molecule has 0 bridgehead atoms. The molecule has 0 aromatic heterocycles. The highest BCUT2D eigenvalue weighted by atomic mass is 31.2. The molecule has 9 heteroatoms. The Hall–Kier alpha value is -0.243. The van der Waals surface area contributed by atoms with Gasteiger partial charge in [0.25, 0.3) is 0 Å². The van der Waals surface area contributed by atoms with E-state index in [1.807, 2.05) is 20.8 Å². The highest BCUT2D eigenvalue weighted by Crippen LogP contribution is 2.35. The maximum atomic E-state index is 11.6. The van der Waals surface area contributed by atoms with Crippen molar-refractivity contribution in [3.63, 3.8) is 0 Å². The van der Waals surface area contributed by atoms with Crippen molar-refractivity contribution in [3.05, 3.63) is 0 Å². The molecule has 0 heterocycles. The number of hydrogen-bond acceptors (Lipinski definition) is 5. The van der Waals surface area contributed by atoms with E-state index in [9.17, 15) is 9.36 Å². The molecule has 0 aromatic carbocycles. The third-order valence-corrected chi connectivity index (χ3v) is 7.03. The Bertz CT molecular complexity index is 345. The van der Waals surface area contributed by atoms with Gasteiger partial charge in [-0.3, -0.25) is 9.36 Å². The van der Waals surface area contributed by atoms with E-state index in [0.717, 1.165) is 0 Å². The van der Waals surface area contributed by atoms with Crippen molar-refractivity contribution in [2.75, 3.05) is 39.2 Å². The van der Waals surface area contributed by atoms with Gasteiger partial charge in [0.15, 0.2) is 7.37 Å². The molecule has 0 rings (SSSR count). The van der Waals surface area contributed by atoms with Crippen molar-refractivity contribution in [2.24, 2.45) is 0 Å². The molecule has 0 spiro atoms. The Morgan fingerprint density at radius 3 is 2.05 bits per heavy atom. The summed E-state index contributed by atoms with van der Waals surface area (Å²) in [7, 11) is -5.78. The van der Waals surface area contributed by atoms with E-state index in [0.29, 0.717) is 38.8 Å². The molecule has 0 saturated carbocycles. The van der Waals surface area contributed by atoms with Crippen LogP contribution < -0.4 is 5.32 Å². The first kappa shape index (κ1) is 21.8. The molecule has 132 valence electrons. The Morgan fingerprint density at radius 1 is 1.14 bits per heavy atom. The number of carbonyl (C=O) groups excluding carboxylic acids is 1. The summed E-state index contributed by atoms with van der Waals surface area (Å²) in [5.74, 6) is -0.215. The lowest BCUT2D eigenvalue weighted by Crippen LogP contribution is -2.46. The second kappa shape index (κ2) is 11.3. The zero-order valence-corrected chi connectivity index (χ0v) is 16.0. The van der Waals surface area contributed by atoms with Crippen molar-refractivity contribution >= 4 is 22.1 Å². The normalized spacial score (nSPS) is 14.6. The lowest BCUT2D eigenvalue weighted by atomic mass is 10.4. The molecule has 0 aliphatic heterocycles. The first-order chi connectivity index (χ1) is 10.3. The van der Waals surface area contributed by atoms with Gasteiger partial charge in [-0.05, 0) is 27.2 Å². The largest absolute Gasteiger partial charge is 0.500 e. The number of rotatable bonds is 13. The maximum Gasteiger partial charge on any atom is 0.500 e. The fourth-order valence-electron chi connectivity index (χ4n) is 1.93. The standard InChI is InChI=1S/C13H30NO6PSi/c1-5-18-22(19-6-2,20-7-3)12-8-10-14-13(15)9-11-21(4,16)17/h5-12H2,1-4H3,(H,14,15)(H,16,17). The zero-order valence-electron chi connectivity index (χ0n) is 14.1. The lowest BCUT2D eigenvalue weighted by Gasteiger charge is -2.28. The monoisotopic (exact) mass is 355 g/mol. The van der Waals surface area contributed by atoms with Gasteiger partial charge in [0, 0.05) is 51.7 Å². The molecular weight excluding hydrogens is 325 g/mol. The summed E-state index contributed by atoms with van der Waals surface area (Å²) >= 11 is 0. The van der Waals surface area contributed by atoms with Gasteiger partial charge in [-0.1, -0.05) is 0 Å². The van der Waals surface area contributed by atoms with Crippen molar-refractivity contribution in [1.82, 2.24) is 5.32 Å². The van der Waals surface area contributed by atoms with Gasteiger partial charge in [-0.2, -0.15) is 0 Å². The fourth-order valence-corrected chi connectivity index (χ4v) is 5.16. The Balaban J connectivity index is 4.16. The molecule has 1 atom stereocenters. The summed E-state index contributed by atoms with van der Waals surface area (Å²) in [6.45, 7) is 9.02. The summed E-state index contributed by atoms with van der Waals surface area (Å²) in [6, 6.07) is 0.634. The fraction of sp³-hybridized carbons (Fsp3) is 0.923. The van der Waals surface area contributed by atoms with E-state index in [-0.39, 0.29) is 18.5 Å². The Kier molecular flexibility index (Phi) is 11.2. The molecule has 1 amide bonds. The first-order valence-corrected chi connectivity index (χ1v) is 12.0. The highest BCUT2D eigenvalue weighted by Gasteiger charge is 2.39. The average molecular weight is 355 g/mol. The van der Waals surface area contributed by atoms with Crippen molar-refractivity contribution < 1.29 is 27.5 Å². The van der Waals surface area contributed by atoms with Crippen LogP contribution in [0.2, 0.25) is 6.04 Å². The van der Waals surface area contributed by atoms with Crippen LogP contribution in [0.15, 0.2) is 0 Å². The van der Waals surface area contributed by atoms with E-state index < -0.39 is 16.2 Å². The summed E-state index contributed by atoms with van der Waals surface area (Å²) in [5.41, 5.74) is 0. The molecule has 0 aliphatic carbocycles. The summed E-state index contributed by atoms with van der Waals surface area (Å²) < 4.78 is 28.3. The van der Waals surface area contributed by atoms with Gasteiger partial charge >= 0.3 is 8.80 Å². The van der Waals surface area contributed by atoms with Crippen LogP contribution >= 0.6 is 7.37 Å². The van der Waals surface area contributed by atoms with E-state index in [4.69, 9.17) is 18.2 Å². The molecule has 7 nitrogen and oxygen atoms in total. The van der Waals surface area contributed by atoms with Crippen LogP contribution in [0.25, 0.3) is 0 Å².